The van der Waals surface area contributed by atoms with Crippen LogP contribution in [0.15, 0.2) is 0 Å². The van der Waals surface area contributed by atoms with E-state index in [9.17, 15) is 19.5 Å². The van der Waals surface area contributed by atoms with E-state index >= 15 is 0 Å². The molecular weight excluding hydrogens is 416 g/mol. The summed E-state index contributed by atoms with van der Waals surface area (Å²) < 4.78 is 10.9. The van der Waals surface area contributed by atoms with Crippen LogP contribution in [0.4, 0.5) is 0 Å². The molecule has 186 valence electrons. The van der Waals surface area contributed by atoms with Gasteiger partial charge in [0.1, 0.15) is 11.2 Å². The normalized spacial score (nSPS) is 18.9. The van der Waals surface area contributed by atoms with Crippen molar-refractivity contribution < 1.29 is 29.0 Å². The van der Waals surface area contributed by atoms with Gasteiger partial charge in [-0.2, -0.15) is 0 Å². The first-order valence-electron chi connectivity index (χ1n) is 11.3. The van der Waals surface area contributed by atoms with E-state index in [-0.39, 0.29) is 31.6 Å². The van der Waals surface area contributed by atoms with Gasteiger partial charge in [-0.05, 0) is 41.5 Å². The fraction of sp³-hybridized carbons (Fsp3) is 0.864. The summed E-state index contributed by atoms with van der Waals surface area (Å²) in [7, 11) is 0. The van der Waals surface area contributed by atoms with Crippen LogP contribution in [-0.2, 0) is 23.9 Å². The third-order valence-corrected chi connectivity index (χ3v) is 4.58. The number of esters is 2. The largest absolute Gasteiger partial charge is 0.480 e. The summed E-state index contributed by atoms with van der Waals surface area (Å²) in [5.41, 5.74) is -1.12. The highest BCUT2D eigenvalue weighted by molar-refractivity contribution is 5.72. The summed E-state index contributed by atoms with van der Waals surface area (Å²) in [6.07, 6.45) is 0. The quantitative estimate of drug-likeness (QED) is 0.538. The molecule has 0 atom stereocenters. The van der Waals surface area contributed by atoms with Gasteiger partial charge in [0.2, 0.25) is 0 Å². The molecule has 1 aliphatic heterocycles. The highest BCUT2D eigenvalue weighted by Crippen LogP contribution is 2.09. The zero-order valence-electron chi connectivity index (χ0n) is 20.6. The second kappa shape index (κ2) is 13.1. The molecule has 2 N–H and O–H groups in total. The molecule has 1 heterocycles. The van der Waals surface area contributed by atoms with E-state index in [2.05, 4.69) is 5.32 Å². The molecule has 1 saturated heterocycles. The third kappa shape index (κ3) is 14.3. The molecule has 32 heavy (non-hydrogen) atoms. The molecule has 1 rings (SSSR count). The van der Waals surface area contributed by atoms with Crippen LogP contribution in [0.25, 0.3) is 0 Å². The highest BCUT2D eigenvalue weighted by atomic mass is 16.6. The lowest BCUT2D eigenvalue weighted by Gasteiger charge is -2.31. The van der Waals surface area contributed by atoms with Gasteiger partial charge in [-0.3, -0.25) is 29.1 Å². The number of nitrogens with zero attached hydrogens (tertiary/aromatic N) is 3. The van der Waals surface area contributed by atoms with Crippen molar-refractivity contribution in [2.45, 2.75) is 52.7 Å². The van der Waals surface area contributed by atoms with E-state index in [0.717, 1.165) is 0 Å². The van der Waals surface area contributed by atoms with E-state index < -0.39 is 17.2 Å². The van der Waals surface area contributed by atoms with Gasteiger partial charge in [0.25, 0.3) is 0 Å². The Balaban J connectivity index is 2.83. The van der Waals surface area contributed by atoms with Crippen LogP contribution in [0.5, 0.6) is 0 Å². The maximum absolute atomic E-state index is 12.4. The van der Waals surface area contributed by atoms with Crippen LogP contribution in [0.1, 0.15) is 41.5 Å². The van der Waals surface area contributed by atoms with Crippen molar-refractivity contribution in [3.05, 3.63) is 0 Å². The number of hydrogen-bond donors (Lipinski definition) is 2. The predicted octanol–water partition coefficient (Wildman–Crippen LogP) is 0.264. The Morgan fingerprint density at radius 1 is 0.688 bits per heavy atom. The maximum atomic E-state index is 12.4. The van der Waals surface area contributed by atoms with E-state index in [1.54, 1.807) is 0 Å². The number of nitrogens with one attached hydrogen (secondary N) is 1. The standard InChI is InChI=1S/C22H42N4O6/c1-21(2,3)31-19(29)16-25-10-8-23-7-9-24(15-18(27)28)11-13-26(14-12-25)17-20(30)32-22(4,5)6/h23H,7-17H2,1-6H3,(H,27,28). The molecule has 1 aliphatic rings. The molecule has 0 saturated carbocycles. The van der Waals surface area contributed by atoms with Gasteiger partial charge < -0.3 is 19.9 Å². The summed E-state index contributed by atoms with van der Waals surface area (Å²) in [6.45, 7) is 15.9. The Bertz CT molecular complexity index is 615. The first kappa shape index (κ1) is 28.3. The molecule has 0 bridgehead atoms. The van der Waals surface area contributed by atoms with E-state index in [4.69, 9.17) is 9.47 Å². The number of rotatable bonds is 6. The number of carbonyl (C=O) groups excluding carboxylic acids is 2. The zero-order chi connectivity index (χ0) is 24.4. The van der Waals surface area contributed by atoms with Crippen LogP contribution in [0, 0.1) is 0 Å². The Morgan fingerprint density at radius 2 is 1.03 bits per heavy atom. The molecule has 10 heteroatoms. The molecule has 1 fully saturated rings. The Morgan fingerprint density at radius 3 is 1.38 bits per heavy atom. The summed E-state index contributed by atoms with van der Waals surface area (Å²) in [6, 6.07) is 0. The van der Waals surface area contributed by atoms with Crippen molar-refractivity contribution in [3.8, 4) is 0 Å². The van der Waals surface area contributed by atoms with E-state index in [0.29, 0.717) is 52.4 Å². The number of aliphatic carboxylic acids is 1. The first-order chi connectivity index (χ1) is 14.7. The Labute approximate surface area is 192 Å². The van der Waals surface area contributed by atoms with Crippen molar-refractivity contribution in [2.75, 3.05) is 72.0 Å². The molecule has 10 nitrogen and oxygen atoms in total. The summed E-state index contributed by atoms with van der Waals surface area (Å²) in [4.78, 5) is 41.8. The Kier molecular flexibility index (Phi) is 11.6. The molecule has 0 radical (unpaired) electrons. The molecule has 0 aliphatic carbocycles. The fourth-order valence-corrected chi connectivity index (χ4v) is 3.28. The van der Waals surface area contributed by atoms with Crippen LogP contribution >= 0.6 is 0 Å². The van der Waals surface area contributed by atoms with Gasteiger partial charge in [0.15, 0.2) is 0 Å². The average Bonchev–Trinajstić information content (AvgIpc) is 2.57. The van der Waals surface area contributed by atoms with Gasteiger partial charge >= 0.3 is 17.9 Å². The third-order valence-electron chi connectivity index (χ3n) is 4.58. The minimum atomic E-state index is -0.876. The fourth-order valence-electron chi connectivity index (χ4n) is 3.28. The highest BCUT2D eigenvalue weighted by Gasteiger charge is 2.23. The Hall–Kier alpha value is -1.75. The molecule has 0 spiro atoms. The second-order valence-corrected chi connectivity index (χ2v) is 10.1. The minimum Gasteiger partial charge on any atom is -0.480 e. The average molecular weight is 459 g/mol. The van der Waals surface area contributed by atoms with Crippen molar-refractivity contribution in [3.63, 3.8) is 0 Å². The maximum Gasteiger partial charge on any atom is 0.320 e. The number of carbonyl (C=O) groups is 3. The van der Waals surface area contributed by atoms with Crippen molar-refractivity contribution in [2.24, 2.45) is 0 Å². The zero-order valence-corrected chi connectivity index (χ0v) is 20.6. The second-order valence-electron chi connectivity index (χ2n) is 10.1. The van der Waals surface area contributed by atoms with Gasteiger partial charge in [0.05, 0.1) is 19.6 Å². The predicted molar refractivity (Wildman–Crippen MR) is 122 cm³/mol. The lowest BCUT2D eigenvalue weighted by Crippen LogP contribution is -2.48. The summed E-state index contributed by atoms with van der Waals surface area (Å²) in [5, 5.41) is 12.5. The number of carboxylic acids is 1. The number of hydrogen-bond acceptors (Lipinski definition) is 9. The van der Waals surface area contributed by atoms with Crippen LogP contribution in [0.2, 0.25) is 0 Å². The molecule has 0 aromatic carbocycles. The molecule has 0 amide bonds. The lowest BCUT2D eigenvalue weighted by molar-refractivity contribution is -0.158. The van der Waals surface area contributed by atoms with Crippen LogP contribution in [-0.4, -0.2) is 121 Å². The number of carboxylic acid groups (broad SMARTS) is 1. The molecule has 0 aromatic heterocycles. The van der Waals surface area contributed by atoms with Crippen LogP contribution < -0.4 is 5.32 Å². The first-order valence-corrected chi connectivity index (χ1v) is 11.3. The van der Waals surface area contributed by atoms with Crippen molar-refractivity contribution >= 4 is 17.9 Å². The number of ether oxygens (including phenoxy) is 2. The lowest BCUT2D eigenvalue weighted by atomic mass is 10.2. The summed E-state index contributed by atoms with van der Waals surface area (Å²) in [5.74, 6) is -1.48. The van der Waals surface area contributed by atoms with Gasteiger partial charge in [0, 0.05) is 52.4 Å². The monoisotopic (exact) mass is 458 g/mol. The molecule has 0 aromatic rings. The SMILES string of the molecule is CC(C)(C)OC(=O)CN1CCNCCN(CC(=O)O)CCN(CC(=O)OC(C)(C)C)CC1. The van der Waals surface area contributed by atoms with Gasteiger partial charge in [-0.15, -0.1) is 0 Å². The van der Waals surface area contributed by atoms with Gasteiger partial charge in [-0.1, -0.05) is 0 Å². The molecule has 0 unspecified atom stereocenters. The van der Waals surface area contributed by atoms with Crippen molar-refractivity contribution in [1.82, 2.24) is 20.0 Å². The van der Waals surface area contributed by atoms with Gasteiger partial charge in [-0.25, -0.2) is 0 Å². The summed E-state index contributed by atoms with van der Waals surface area (Å²) >= 11 is 0. The van der Waals surface area contributed by atoms with E-state index in [1.165, 1.54) is 0 Å². The molecular formula is C22H42N4O6. The topological polar surface area (TPSA) is 112 Å². The van der Waals surface area contributed by atoms with Crippen molar-refractivity contribution in [1.29, 1.82) is 0 Å². The van der Waals surface area contributed by atoms with Crippen LogP contribution in [0.3, 0.4) is 0 Å². The smallest absolute Gasteiger partial charge is 0.320 e. The minimum absolute atomic E-state index is 0.0489. The van der Waals surface area contributed by atoms with E-state index in [1.807, 2.05) is 56.2 Å².